The predicted octanol–water partition coefficient (Wildman–Crippen LogP) is 1.52. The van der Waals surface area contributed by atoms with E-state index in [0.717, 1.165) is 19.0 Å². The van der Waals surface area contributed by atoms with Crippen molar-refractivity contribution in [3.63, 3.8) is 0 Å². The summed E-state index contributed by atoms with van der Waals surface area (Å²) < 4.78 is 13.9. The van der Waals surface area contributed by atoms with Gasteiger partial charge in [0.25, 0.3) is 0 Å². The topological polar surface area (TPSA) is 43.7 Å². The van der Waals surface area contributed by atoms with Crippen LogP contribution in [0.1, 0.15) is 38.2 Å². The number of likely N-dealkylation sites (tertiary alicyclic amines) is 1. The monoisotopic (exact) mass is 279 g/mol. The molecule has 20 heavy (non-hydrogen) atoms. The minimum absolute atomic E-state index is 0.202. The van der Waals surface area contributed by atoms with Gasteiger partial charge in [-0.3, -0.25) is 4.90 Å². The quantitative estimate of drug-likeness (QED) is 0.803. The molecular weight excluding hydrogens is 256 g/mol. The molecule has 5 heteroatoms. The molecule has 1 aromatic rings. The van der Waals surface area contributed by atoms with Crippen molar-refractivity contribution in [3.8, 4) is 0 Å². The molecule has 0 radical (unpaired) electrons. The fraction of sp³-hybridized carbons (Fsp3) is 0.600. The first-order valence-electron chi connectivity index (χ1n) is 7.47. The van der Waals surface area contributed by atoms with Crippen molar-refractivity contribution in [3.05, 3.63) is 29.6 Å². The Morgan fingerprint density at radius 1 is 1.30 bits per heavy atom. The van der Waals surface area contributed by atoms with Crippen molar-refractivity contribution in [2.75, 3.05) is 13.1 Å². The molecule has 1 aliphatic heterocycles. The van der Waals surface area contributed by atoms with Gasteiger partial charge in [-0.15, -0.1) is 0 Å². The molecule has 0 aromatic heterocycles. The van der Waals surface area contributed by atoms with Crippen LogP contribution >= 0.6 is 0 Å². The molecule has 2 N–H and O–H groups in total. The summed E-state index contributed by atoms with van der Waals surface area (Å²) in [6.45, 7) is 4.87. The molecule has 0 bridgehead atoms. The van der Waals surface area contributed by atoms with Crippen molar-refractivity contribution in [1.82, 2.24) is 4.90 Å². The SMILES string of the molecule is CCCC1CCN(Cc2ccc(B(O)O)cc2F)CC1. The third-order valence-electron chi connectivity index (χ3n) is 4.17. The second kappa shape index (κ2) is 7.20. The van der Waals surface area contributed by atoms with E-state index in [4.69, 9.17) is 10.0 Å². The van der Waals surface area contributed by atoms with Gasteiger partial charge >= 0.3 is 7.12 Å². The van der Waals surface area contributed by atoms with Gasteiger partial charge in [0.15, 0.2) is 0 Å². The van der Waals surface area contributed by atoms with Gasteiger partial charge in [-0.05, 0) is 43.4 Å². The third kappa shape index (κ3) is 4.04. The molecule has 0 atom stereocenters. The summed E-state index contributed by atoms with van der Waals surface area (Å²) in [5.74, 6) is 0.472. The highest BCUT2D eigenvalue weighted by molar-refractivity contribution is 6.58. The van der Waals surface area contributed by atoms with Gasteiger partial charge in [0.05, 0.1) is 0 Å². The molecule has 0 saturated carbocycles. The highest BCUT2D eigenvalue weighted by Gasteiger charge is 2.20. The van der Waals surface area contributed by atoms with Crippen LogP contribution < -0.4 is 5.46 Å². The molecule has 0 aliphatic carbocycles. The van der Waals surface area contributed by atoms with Crippen LogP contribution in [0.3, 0.4) is 0 Å². The predicted molar refractivity (Wildman–Crippen MR) is 79.1 cm³/mol. The first-order valence-corrected chi connectivity index (χ1v) is 7.47. The molecule has 3 nitrogen and oxygen atoms in total. The Balaban J connectivity index is 1.91. The third-order valence-corrected chi connectivity index (χ3v) is 4.17. The number of nitrogens with zero attached hydrogens (tertiary/aromatic N) is 1. The largest absolute Gasteiger partial charge is 0.488 e. The molecule has 0 unspecified atom stereocenters. The number of rotatable bonds is 5. The molecule has 1 aliphatic rings. The van der Waals surface area contributed by atoms with E-state index in [1.165, 1.54) is 31.7 Å². The molecule has 1 aromatic carbocycles. The van der Waals surface area contributed by atoms with Gasteiger partial charge in [-0.1, -0.05) is 31.9 Å². The summed E-state index contributed by atoms with van der Waals surface area (Å²) in [5, 5.41) is 18.0. The summed E-state index contributed by atoms with van der Waals surface area (Å²) in [5.41, 5.74) is 0.830. The summed E-state index contributed by atoms with van der Waals surface area (Å²) >= 11 is 0. The molecule has 110 valence electrons. The van der Waals surface area contributed by atoms with E-state index >= 15 is 0 Å². The van der Waals surface area contributed by atoms with Gasteiger partial charge in [-0.2, -0.15) is 0 Å². The van der Waals surface area contributed by atoms with Crippen LogP contribution in [0.5, 0.6) is 0 Å². The summed E-state index contributed by atoms with van der Waals surface area (Å²) in [6, 6.07) is 4.44. The minimum Gasteiger partial charge on any atom is -0.423 e. The van der Waals surface area contributed by atoms with Crippen molar-refractivity contribution in [2.24, 2.45) is 5.92 Å². The van der Waals surface area contributed by atoms with E-state index < -0.39 is 7.12 Å². The fourth-order valence-electron chi connectivity index (χ4n) is 2.93. The first kappa shape index (κ1) is 15.5. The summed E-state index contributed by atoms with van der Waals surface area (Å²) in [7, 11) is -1.61. The van der Waals surface area contributed by atoms with Crippen LogP contribution in [-0.4, -0.2) is 35.2 Å². The zero-order valence-electron chi connectivity index (χ0n) is 12.1. The Bertz CT molecular complexity index is 434. The van der Waals surface area contributed by atoms with E-state index in [9.17, 15) is 4.39 Å². The summed E-state index contributed by atoms with van der Waals surface area (Å²) in [6.07, 6.45) is 4.93. The lowest BCUT2D eigenvalue weighted by atomic mass is 9.80. The lowest BCUT2D eigenvalue weighted by Gasteiger charge is -2.32. The second-order valence-corrected chi connectivity index (χ2v) is 5.73. The standard InChI is InChI=1S/C15H23BFNO2/c1-2-3-12-6-8-18(9-7-12)11-13-4-5-14(16(19)20)10-15(13)17/h4-5,10,12,19-20H,2-3,6-9,11H2,1H3. The Kier molecular flexibility index (Phi) is 5.58. The first-order chi connectivity index (χ1) is 9.60. The van der Waals surface area contributed by atoms with Gasteiger partial charge in [0.2, 0.25) is 0 Å². The van der Waals surface area contributed by atoms with E-state index in [2.05, 4.69) is 11.8 Å². The zero-order chi connectivity index (χ0) is 14.5. The number of hydrogen-bond acceptors (Lipinski definition) is 3. The highest BCUT2D eigenvalue weighted by atomic mass is 19.1. The summed E-state index contributed by atoms with van der Waals surface area (Å²) in [4.78, 5) is 2.28. The maximum atomic E-state index is 13.9. The molecule has 0 amide bonds. The Morgan fingerprint density at radius 3 is 2.55 bits per heavy atom. The van der Waals surface area contributed by atoms with Gasteiger partial charge in [0.1, 0.15) is 5.82 Å². The van der Waals surface area contributed by atoms with Gasteiger partial charge in [-0.25, -0.2) is 4.39 Å². The van der Waals surface area contributed by atoms with Crippen LogP contribution in [0.25, 0.3) is 0 Å². The number of piperidine rings is 1. The average molecular weight is 279 g/mol. The van der Waals surface area contributed by atoms with Crippen molar-refractivity contribution in [1.29, 1.82) is 0 Å². The fourth-order valence-corrected chi connectivity index (χ4v) is 2.93. The molecule has 0 spiro atoms. The van der Waals surface area contributed by atoms with Crippen molar-refractivity contribution >= 4 is 12.6 Å². The molecule has 1 fully saturated rings. The van der Waals surface area contributed by atoms with Crippen LogP contribution in [0, 0.1) is 11.7 Å². The maximum Gasteiger partial charge on any atom is 0.488 e. The second-order valence-electron chi connectivity index (χ2n) is 5.73. The Hall–Kier alpha value is -0.905. The Morgan fingerprint density at radius 2 is 2.00 bits per heavy atom. The van der Waals surface area contributed by atoms with Crippen molar-refractivity contribution < 1.29 is 14.4 Å². The molecule has 2 rings (SSSR count). The van der Waals surface area contributed by atoms with E-state index in [1.54, 1.807) is 12.1 Å². The minimum atomic E-state index is -1.61. The maximum absolute atomic E-state index is 13.9. The van der Waals surface area contributed by atoms with Crippen molar-refractivity contribution in [2.45, 2.75) is 39.2 Å². The van der Waals surface area contributed by atoms with E-state index in [0.29, 0.717) is 12.1 Å². The van der Waals surface area contributed by atoms with Crippen LogP contribution in [0.2, 0.25) is 0 Å². The Labute approximate surface area is 120 Å². The van der Waals surface area contributed by atoms with Crippen LogP contribution in [-0.2, 0) is 6.54 Å². The number of hydrogen-bond donors (Lipinski definition) is 2. The molecule has 1 heterocycles. The number of benzene rings is 1. The lowest BCUT2D eigenvalue weighted by molar-refractivity contribution is 0.170. The normalized spacial score (nSPS) is 17.4. The average Bonchev–Trinajstić information content (AvgIpc) is 2.43. The zero-order valence-corrected chi connectivity index (χ0v) is 12.1. The molecular formula is C15H23BFNO2. The highest BCUT2D eigenvalue weighted by Crippen LogP contribution is 2.23. The van der Waals surface area contributed by atoms with Crippen LogP contribution in [0.15, 0.2) is 18.2 Å². The van der Waals surface area contributed by atoms with E-state index in [1.807, 2.05) is 0 Å². The smallest absolute Gasteiger partial charge is 0.423 e. The van der Waals surface area contributed by atoms with E-state index in [-0.39, 0.29) is 11.3 Å². The lowest BCUT2D eigenvalue weighted by Crippen LogP contribution is -2.34. The van der Waals surface area contributed by atoms with Gasteiger partial charge < -0.3 is 10.0 Å². The van der Waals surface area contributed by atoms with Gasteiger partial charge in [0, 0.05) is 12.1 Å². The van der Waals surface area contributed by atoms with Crippen LogP contribution in [0.4, 0.5) is 4.39 Å². The molecule has 1 saturated heterocycles. The number of halogens is 1.